The molecule has 0 aromatic carbocycles. The number of aromatic amines is 2. The van der Waals surface area contributed by atoms with Gasteiger partial charge in [0.25, 0.3) is 5.56 Å². The minimum absolute atomic E-state index is 0.00668. The van der Waals surface area contributed by atoms with E-state index < -0.39 is 36.1 Å². The highest BCUT2D eigenvalue weighted by Gasteiger charge is 2.32. The van der Waals surface area contributed by atoms with Crippen molar-refractivity contribution in [2.45, 2.75) is 50.3 Å². The van der Waals surface area contributed by atoms with Crippen molar-refractivity contribution in [2.24, 2.45) is 0 Å². The van der Waals surface area contributed by atoms with Crippen molar-refractivity contribution in [2.75, 3.05) is 18.9 Å². The van der Waals surface area contributed by atoms with Crippen molar-refractivity contribution in [3.63, 3.8) is 0 Å². The van der Waals surface area contributed by atoms with Crippen LogP contribution in [-0.4, -0.2) is 59.4 Å². The fourth-order valence-corrected chi connectivity index (χ4v) is 5.65. The zero-order valence-electron chi connectivity index (χ0n) is 19.1. The first kappa shape index (κ1) is 26.2. The maximum atomic E-state index is 13.6. The second-order valence-corrected chi connectivity index (χ2v) is 11.8. The van der Waals surface area contributed by atoms with Gasteiger partial charge in [-0.1, -0.05) is 12.2 Å². The number of hydrogen-bond acceptors (Lipinski definition) is 11. The van der Waals surface area contributed by atoms with Crippen LogP contribution in [0.3, 0.4) is 0 Å². The van der Waals surface area contributed by atoms with Gasteiger partial charge in [-0.2, -0.15) is 9.37 Å². The maximum absolute atomic E-state index is 13.6. The van der Waals surface area contributed by atoms with E-state index in [1.165, 1.54) is 0 Å². The number of nitrogens with zero attached hydrogens (tertiary/aromatic N) is 4. The predicted molar refractivity (Wildman–Crippen MR) is 133 cm³/mol. The van der Waals surface area contributed by atoms with Crippen LogP contribution >= 0.6 is 18.9 Å². The summed E-state index contributed by atoms with van der Waals surface area (Å²) in [6, 6.07) is 0. The predicted octanol–water partition coefficient (Wildman–Crippen LogP) is 1.37. The van der Waals surface area contributed by atoms with Crippen LogP contribution in [-0.2, 0) is 30.3 Å². The summed E-state index contributed by atoms with van der Waals surface area (Å²) in [5.41, 5.74) is 4.90. The molecule has 2 aliphatic heterocycles. The fraction of sp³-hybridized carbons (Fsp3) is 0.526. The molecule has 0 amide bonds. The summed E-state index contributed by atoms with van der Waals surface area (Å²) in [5, 5.41) is 0. The highest BCUT2D eigenvalue weighted by atomic mass is 32.5. The van der Waals surface area contributed by atoms with Gasteiger partial charge in [0.1, 0.15) is 22.6 Å². The summed E-state index contributed by atoms with van der Waals surface area (Å²) in [4.78, 5) is 46.8. The topological polar surface area (TPSA) is 185 Å². The van der Waals surface area contributed by atoms with Crippen LogP contribution in [0.15, 0.2) is 22.1 Å². The highest BCUT2D eigenvalue weighted by Crippen LogP contribution is 2.45. The van der Waals surface area contributed by atoms with Crippen LogP contribution in [0, 0.1) is 10.5 Å². The molecular formula is C19H23FN7O7PS2. The van der Waals surface area contributed by atoms with Gasteiger partial charge in [0, 0.05) is 0 Å². The molecule has 18 heteroatoms. The number of aromatic nitrogens is 6. The molecule has 3 aromatic rings. The van der Waals surface area contributed by atoms with Crippen LogP contribution in [0.5, 0.6) is 0 Å². The van der Waals surface area contributed by atoms with E-state index in [2.05, 4.69) is 15.0 Å². The molecule has 5 N–H and O–H groups in total. The number of nitrogens with two attached hydrogens (primary N) is 1. The summed E-state index contributed by atoms with van der Waals surface area (Å²) in [6.45, 7) is -3.70. The quantitative estimate of drug-likeness (QED) is 0.224. The molecule has 2 fully saturated rings. The van der Waals surface area contributed by atoms with Gasteiger partial charge in [0.05, 0.1) is 37.9 Å². The van der Waals surface area contributed by atoms with Crippen LogP contribution in [0.25, 0.3) is 11.2 Å². The van der Waals surface area contributed by atoms with Gasteiger partial charge < -0.3 is 34.1 Å². The molecule has 2 saturated heterocycles. The van der Waals surface area contributed by atoms with Crippen LogP contribution < -0.4 is 17.0 Å². The molecule has 0 bridgehead atoms. The minimum atomic E-state index is -3.61. The van der Waals surface area contributed by atoms with Crippen molar-refractivity contribution in [3.8, 4) is 0 Å². The molecule has 0 saturated carbocycles. The first-order chi connectivity index (χ1) is 17.6. The van der Waals surface area contributed by atoms with Gasteiger partial charge in [0.2, 0.25) is 11.8 Å². The SMILES string of the molecule is Nc1nc2c(ncn2[C@H]2CC[C@@H](COP(O)(=S)OC[C@@H]3CC[C@H](n4cc(F)c(=O)[nH]c4=O)O3)O2)c(=S)[nH]1. The smallest absolute Gasteiger partial charge is 0.330 e. The standard InChI is InChI=1S/C19H23FN7O7PS2/c20-11-5-26(19(29)24-16(11)28)12-3-1-9(33-12)6-31-35(30,37)32-7-10-2-4-13(34-10)27-8-22-14-15(27)23-18(21)25-17(14)36/h5,8-10,12-13H,1-4,6-7H2,(H,30,37)(H,24,28,29)(H3,21,23,25,36)/t9-,10-,12+,13+,35?/m0/s1. The third kappa shape index (κ3) is 5.73. The molecule has 5 heterocycles. The second kappa shape index (κ2) is 10.4. The molecule has 5 atom stereocenters. The zero-order valence-corrected chi connectivity index (χ0v) is 21.6. The number of H-pyrrole nitrogens is 2. The molecule has 200 valence electrons. The monoisotopic (exact) mass is 575 g/mol. The second-order valence-electron chi connectivity index (χ2n) is 8.56. The van der Waals surface area contributed by atoms with Crippen LogP contribution in [0.1, 0.15) is 38.1 Å². The van der Waals surface area contributed by atoms with Crippen LogP contribution in [0.2, 0.25) is 0 Å². The molecule has 3 aromatic heterocycles. The summed E-state index contributed by atoms with van der Waals surface area (Å²) >= 11 is 10.3. The molecule has 5 rings (SSSR count). The lowest BCUT2D eigenvalue weighted by Gasteiger charge is -2.21. The lowest BCUT2D eigenvalue weighted by Crippen LogP contribution is -2.34. The Labute approximate surface area is 217 Å². The van der Waals surface area contributed by atoms with Crippen molar-refractivity contribution in [1.82, 2.24) is 29.1 Å². The van der Waals surface area contributed by atoms with Crippen molar-refractivity contribution in [3.05, 3.63) is 43.8 Å². The Morgan fingerprint density at radius 3 is 2.41 bits per heavy atom. The average molecular weight is 576 g/mol. The number of fused-ring (bicyclic) bond motifs is 1. The summed E-state index contributed by atoms with van der Waals surface area (Å²) in [6.07, 6.45) is 2.47. The molecule has 0 radical (unpaired) electrons. The van der Waals surface area contributed by atoms with E-state index in [1.807, 2.05) is 4.98 Å². The summed E-state index contributed by atoms with van der Waals surface area (Å²) < 4.78 is 39.3. The number of ether oxygens (including phenoxy) is 2. The van der Waals surface area contributed by atoms with Gasteiger partial charge in [-0.3, -0.25) is 18.9 Å². The van der Waals surface area contributed by atoms with E-state index in [1.54, 1.807) is 10.9 Å². The van der Waals surface area contributed by atoms with Gasteiger partial charge >= 0.3 is 12.4 Å². The lowest BCUT2D eigenvalue weighted by molar-refractivity contribution is -0.0312. The molecule has 1 unspecified atom stereocenters. The van der Waals surface area contributed by atoms with E-state index in [4.69, 9.17) is 48.3 Å². The largest absolute Gasteiger partial charge is 0.369 e. The van der Waals surface area contributed by atoms with Crippen molar-refractivity contribution in [1.29, 1.82) is 0 Å². The van der Waals surface area contributed by atoms with E-state index in [9.17, 15) is 18.9 Å². The lowest BCUT2D eigenvalue weighted by atomic mass is 10.2. The van der Waals surface area contributed by atoms with E-state index in [0.717, 1.165) is 10.8 Å². The Morgan fingerprint density at radius 2 is 1.76 bits per heavy atom. The molecule has 0 aliphatic carbocycles. The number of imidazole rings is 1. The molecule has 0 spiro atoms. The Kier molecular flexibility index (Phi) is 7.39. The van der Waals surface area contributed by atoms with Gasteiger partial charge in [-0.05, 0) is 37.5 Å². The minimum Gasteiger partial charge on any atom is -0.369 e. The molecule has 2 aliphatic rings. The van der Waals surface area contributed by atoms with Crippen molar-refractivity contribution < 1.29 is 27.8 Å². The fourth-order valence-electron chi connectivity index (χ4n) is 4.25. The average Bonchev–Trinajstić information content (AvgIpc) is 3.58. The number of rotatable bonds is 8. The first-order valence-corrected chi connectivity index (χ1v) is 14.3. The summed E-state index contributed by atoms with van der Waals surface area (Å²) in [7, 11) is 0. The Hall–Kier alpha value is -2.37. The van der Waals surface area contributed by atoms with Crippen LogP contribution in [0.4, 0.5) is 10.3 Å². The zero-order chi connectivity index (χ0) is 26.3. The van der Waals surface area contributed by atoms with E-state index in [-0.39, 0.29) is 31.5 Å². The summed E-state index contributed by atoms with van der Waals surface area (Å²) in [5.74, 6) is -0.922. The third-order valence-corrected chi connectivity index (χ3v) is 7.89. The first-order valence-electron chi connectivity index (χ1n) is 11.3. The van der Waals surface area contributed by atoms with Crippen molar-refractivity contribution >= 4 is 47.9 Å². The van der Waals surface area contributed by atoms with Gasteiger partial charge in [-0.15, -0.1) is 0 Å². The maximum Gasteiger partial charge on any atom is 0.330 e. The number of halogens is 1. The number of nitrogens with one attached hydrogen (secondary N) is 2. The third-order valence-electron chi connectivity index (χ3n) is 6.01. The number of hydrogen-bond donors (Lipinski definition) is 4. The van der Waals surface area contributed by atoms with E-state index >= 15 is 0 Å². The normalized spacial score (nSPS) is 25.6. The number of anilines is 1. The molecule has 14 nitrogen and oxygen atoms in total. The Bertz CT molecular complexity index is 1540. The Morgan fingerprint density at radius 1 is 1.14 bits per heavy atom. The van der Waals surface area contributed by atoms with Gasteiger partial charge in [-0.25, -0.2) is 9.78 Å². The number of nitrogen functional groups attached to an aromatic ring is 1. The van der Waals surface area contributed by atoms with E-state index in [0.29, 0.717) is 41.5 Å². The highest BCUT2D eigenvalue weighted by molar-refractivity contribution is 8.07. The Balaban J connectivity index is 1.11. The van der Waals surface area contributed by atoms with Gasteiger partial charge in [0.15, 0.2) is 5.65 Å². The molecular weight excluding hydrogens is 552 g/mol. The molecule has 37 heavy (non-hydrogen) atoms.